The topological polar surface area (TPSA) is 71.8 Å². The van der Waals surface area contributed by atoms with Gasteiger partial charge in [0.15, 0.2) is 0 Å². The molecule has 0 spiro atoms. The monoisotopic (exact) mass is 372 g/mol. The van der Waals surface area contributed by atoms with Crippen LogP contribution in [0.4, 0.5) is 0 Å². The summed E-state index contributed by atoms with van der Waals surface area (Å²) in [5, 5.41) is 3.70. The van der Waals surface area contributed by atoms with E-state index in [1.807, 2.05) is 45.0 Å². The maximum atomic E-state index is 12.4. The molecule has 1 N–H and O–H groups in total. The van der Waals surface area contributed by atoms with Crippen LogP contribution < -0.4 is 15.7 Å². The van der Waals surface area contributed by atoms with Crippen LogP contribution in [0.1, 0.15) is 24.5 Å². The molecule has 1 aromatic carbocycles. The van der Waals surface area contributed by atoms with Crippen molar-refractivity contribution in [2.24, 2.45) is 0 Å². The van der Waals surface area contributed by atoms with Crippen LogP contribution in [-0.4, -0.2) is 44.6 Å². The number of hydrogen-bond acceptors (Lipinski definition) is 5. The van der Waals surface area contributed by atoms with E-state index in [0.717, 1.165) is 23.1 Å². The SMILES string of the molecule is C=C(C)COc1ccc2c(C)c(CCC(=O)NCCN(C)C)c(=O)oc2c1. The number of amides is 1. The summed E-state index contributed by atoms with van der Waals surface area (Å²) in [6.07, 6.45) is 0.607. The predicted octanol–water partition coefficient (Wildman–Crippen LogP) is 2.67. The van der Waals surface area contributed by atoms with Gasteiger partial charge in [-0.05, 0) is 57.6 Å². The molecule has 27 heavy (non-hydrogen) atoms. The van der Waals surface area contributed by atoms with Crippen LogP contribution in [0.15, 0.2) is 39.6 Å². The first-order chi connectivity index (χ1) is 12.8. The minimum atomic E-state index is -0.404. The number of carbonyl (C=O) groups excluding carboxylic acids is 1. The number of ether oxygens (including phenoxy) is 1. The highest BCUT2D eigenvalue weighted by molar-refractivity contribution is 5.82. The van der Waals surface area contributed by atoms with E-state index in [0.29, 0.717) is 36.5 Å². The van der Waals surface area contributed by atoms with Crippen molar-refractivity contribution in [3.05, 3.63) is 51.9 Å². The third kappa shape index (κ3) is 5.96. The lowest BCUT2D eigenvalue weighted by Crippen LogP contribution is -2.31. The second-order valence-corrected chi connectivity index (χ2v) is 7.05. The number of rotatable bonds is 9. The fourth-order valence-corrected chi connectivity index (χ4v) is 2.71. The first-order valence-corrected chi connectivity index (χ1v) is 9.03. The minimum absolute atomic E-state index is 0.0701. The van der Waals surface area contributed by atoms with Crippen LogP contribution in [0.25, 0.3) is 11.0 Å². The molecule has 0 unspecified atom stereocenters. The number of hydrogen-bond donors (Lipinski definition) is 1. The third-order valence-electron chi connectivity index (χ3n) is 4.23. The molecule has 146 valence electrons. The van der Waals surface area contributed by atoms with Gasteiger partial charge in [-0.1, -0.05) is 6.58 Å². The summed E-state index contributed by atoms with van der Waals surface area (Å²) in [6.45, 7) is 9.34. The van der Waals surface area contributed by atoms with Crippen molar-refractivity contribution in [3.63, 3.8) is 0 Å². The average Bonchev–Trinajstić information content (AvgIpc) is 2.59. The Labute approximate surface area is 159 Å². The van der Waals surface area contributed by atoms with Crippen LogP contribution in [0.3, 0.4) is 0 Å². The van der Waals surface area contributed by atoms with E-state index in [9.17, 15) is 9.59 Å². The van der Waals surface area contributed by atoms with Gasteiger partial charge in [-0.25, -0.2) is 4.79 Å². The highest BCUT2D eigenvalue weighted by Gasteiger charge is 2.13. The summed E-state index contributed by atoms with van der Waals surface area (Å²) < 4.78 is 11.1. The highest BCUT2D eigenvalue weighted by Crippen LogP contribution is 2.24. The van der Waals surface area contributed by atoms with E-state index in [1.165, 1.54) is 0 Å². The van der Waals surface area contributed by atoms with Crippen molar-refractivity contribution < 1.29 is 13.9 Å². The molecule has 0 aliphatic carbocycles. The van der Waals surface area contributed by atoms with Crippen LogP contribution in [0.5, 0.6) is 5.75 Å². The average molecular weight is 372 g/mol. The van der Waals surface area contributed by atoms with Gasteiger partial charge in [-0.15, -0.1) is 0 Å². The Kier molecular flexibility index (Phi) is 7.19. The number of nitrogens with zero attached hydrogens (tertiary/aromatic N) is 1. The van der Waals surface area contributed by atoms with E-state index < -0.39 is 5.63 Å². The van der Waals surface area contributed by atoms with Gasteiger partial charge in [0.1, 0.15) is 17.9 Å². The van der Waals surface area contributed by atoms with Gasteiger partial charge in [0.2, 0.25) is 5.91 Å². The normalized spacial score (nSPS) is 11.0. The molecule has 0 bridgehead atoms. The van der Waals surface area contributed by atoms with Crippen molar-refractivity contribution in [3.8, 4) is 5.75 Å². The van der Waals surface area contributed by atoms with Gasteiger partial charge in [-0.3, -0.25) is 4.79 Å². The molecule has 0 fully saturated rings. The summed E-state index contributed by atoms with van der Waals surface area (Å²) in [6, 6.07) is 5.43. The number of nitrogens with one attached hydrogen (secondary N) is 1. The van der Waals surface area contributed by atoms with Crippen molar-refractivity contribution >= 4 is 16.9 Å². The lowest BCUT2D eigenvalue weighted by molar-refractivity contribution is -0.121. The van der Waals surface area contributed by atoms with E-state index >= 15 is 0 Å². The maximum absolute atomic E-state index is 12.4. The molecule has 2 aromatic rings. The van der Waals surface area contributed by atoms with E-state index in [-0.39, 0.29) is 12.3 Å². The molecule has 0 radical (unpaired) electrons. The number of benzene rings is 1. The first-order valence-electron chi connectivity index (χ1n) is 9.03. The summed E-state index contributed by atoms with van der Waals surface area (Å²) in [5.74, 6) is 0.556. The molecule has 2 rings (SSSR count). The number of likely N-dealkylation sites (N-methyl/N-ethyl adjacent to an activating group) is 1. The zero-order valence-corrected chi connectivity index (χ0v) is 16.6. The van der Waals surface area contributed by atoms with Gasteiger partial charge in [0, 0.05) is 36.5 Å². The highest BCUT2D eigenvalue weighted by atomic mass is 16.5. The van der Waals surface area contributed by atoms with Crippen molar-refractivity contribution in [1.82, 2.24) is 10.2 Å². The lowest BCUT2D eigenvalue weighted by atomic mass is 10.0. The second-order valence-electron chi connectivity index (χ2n) is 7.05. The molecule has 0 aliphatic rings. The molecular weight excluding hydrogens is 344 g/mol. The minimum Gasteiger partial charge on any atom is -0.489 e. The molecule has 0 saturated carbocycles. The van der Waals surface area contributed by atoms with Crippen molar-refractivity contribution in [2.45, 2.75) is 26.7 Å². The standard InChI is InChI=1S/C21H28N2O4/c1-14(2)13-26-16-6-7-17-15(3)18(21(25)27-19(17)12-16)8-9-20(24)22-10-11-23(4)5/h6-7,12H,1,8-11,13H2,2-5H3,(H,22,24). The Morgan fingerprint density at radius 1 is 1.33 bits per heavy atom. The molecule has 1 amide bonds. The number of aryl methyl sites for hydroxylation is 1. The zero-order valence-electron chi connectivity index (χ0n) is 16.6. The summed E-state index contributed by atoms with van der Waals surface area (Å²) in [4.78, 5) is 26.4. The van der Waals surface area contributed by atoms with Gasteiger partial charge in [0.05, 0.1) is 0 Å². The number of carbonyl (C=O) groups is 1. The first kappa shape index (κ1) is 20.7. The van der Waals surface area contributed by atoms with Crippen molar-refractivity contribution in [1.29, 1.82) is 0 Å². The molecule has 0 atom stereocenters. The third-order valence-corrected chi connectivity index (χ3v) is 4.23. The molecule has 6 nitrogen and oxygen atoms in total. The Hall–Kier alpha value is -2.60. The van der Waals surface area contributed by atoms with Gasteiger partial charge < -0.3 is 19.4 Å². The Morgan fingerprint density at radius 2 is 2.07 bits per heavy atom. The van der Waals surface area contributed by atoms with Gasteiger partial charge in [0.25, 0.3) is 0 Å². The predicted molar refractivity (Wildman–Crippen MR) is 107 cm³/mol. The number of fused-ring (bicyclic) bond motifs is 1. The smallest absolute Gasteiger partial charge is 0.339 e. The van der Waals surface area contributed by atoms with E-state index in [2.05, 4.69) is 11.9 Å². The molecule has 0 saturated heterocycles. The second kappa shape index (κ2) is 9.37. The van der Waals surface area contributed by atoms with Crippen LogP contribution >= 0.6 is 0 Å². The molecule has 6 heteroatoms. The van der Waals surface area contributed by atoms with E-state index in [4.69, 9.17) is 9.15 Å². The van der Waals surface area contributed by atoms with Crippen LogP contribution in [-0.2, 0) is 11.2 Å². The summed E-state index contributed by atoms with van der Waals surface area (Å²) >= 11 is 0. The molecule has 1 aromatic heterocycles. The van der Waals surface area contributed by atoms with Crippen LogP contribution in [0, 0.1) is 6.92 Å². The van der Waals surface area contributed by atoms with Gasteiger partial charge in [-0.2, -0.15) is 0 Å². The molecule has 0 aliphatic heterocycles. The molecule has 1 heterocycles. The van der Waals surface area contributed by atoms with E-state index in [1.54, 1.807) is 6.07 Å². The largest absolute Gasteiger partial charge is 0.489 e. The van der Waals surface area contributed by atoms with Gasteiger partial charge >= 0.3 is 5.63 Å². The summed E-state index contributed by atoms with van der Waals surface area (Å²) in [7, 11) is 3.90. The quantitative estimate of drug-likeness (QED) is 0.541. The lowest BCUT2D eigenvalue weighted by Gasteiger charge is -2.11. The fraction of sp³-hybridized carbons (Fsp3) is 0.429. The fourth-order valence-electron chi connectivity index (χ4n) is 2.71. The van der Waals surface area contributed by atoms with Crippen LogP contribution in [0.2, 0.25) is 0 Å². The molecular formula is C21H28N2O4. The summed E-state index contributed by atoms with van der Waals surface area (Å²) in [5.41, 5.74) is 2.37. The Morgan fingerprint density at radius 3 is 2.74 bits per heavy atom. The Bertz CT molecular complexity index is 884. The zero-order chi connectivity index (χ0) is 20.0. The Balaban J connectivity index is 2.11. The van der Waals surface area contributed by atoms with Crippen molar-refractivity contribution in [2.75, 3.05) is 33.8 Å². The maximum Gasteiger partial charge on any atom is 0.339 e.